The van der Waals surface area contributed by atoms with E-state index in [1.54, 1.807) is 0 Å². The van der Waals surface area contributed by atoms with Crippen molar-refractivity contribution in [1.29, 1.82) is 0 Å². The number of H-pyrrole nitrogens is 1. The Hall–Kier alpha value is -3.54. The monoisotopic (exact) mass is 399 g/mol. The van der Waals surface area contributed by atoms with E-state index < -0.39 is 0 Å². The first-order valence-corrected chi connectivity index (χ1v) is 10.3. The van der Waals surface area contributed by atoms with Gasteiger partial charge in [-0.1, -0.05) is 60.7 Å². The van der Waals surface area contributed by atoms with E-state index in [2.05, 4.69) is 68.5 Å². The van der Waals surface area contributed by atoms with Crippen LogP contribution in [0.15, 0.2) is 65.5 Å². The summed E-state index contributed by atoms with van der Waals surface area (Å²) >= 11 is 0. The molecule has 0 amide bonds. The molecule has 0 aliphatic carbocycles. The van der Waals surface area contributed by atoms with Crippen LogP contribution in [-0.2, 0) is 25.7 Å². The van der Waals surface area contributed by atoms with Gasteiger partial charge in [0.15, 0.2) is 11.2 Å². The number of rotatable bonds is 8. The average molecular weight is 399 g/mol. The first kappa shape index (κ1) is 19.8. The Labute approximate surface area is 175 Å². The third kappa shape index (κ3) is 4.89. The molecule has 2 aromatic heterocycles. The van der Waals surface area contributed by atoms with E-state index in [0.29, 0.717) is 5.65 Å². The van der Waals surface area contributed by atoms with Crippen molar-refractivity contribution in [2.45, 2.75) is 38.5 Å². The van der Waals surface area contributed by atoms with Gasteiger partial charge in [0, 0.05) is 0 Å². The highest BCUT2D eigenvalue weighted by atomic mass is 16.1. The van der Waals surface area contributed by atoms with Gasteiger partial charge < -0.3 is 5.73 Å². The molecule has 0 bridgehead atoms. The number of fused-ring (bicyclic) bond motifs is 1. The normalized spacial score (nSPS) is 11.1. The Balaban J connectivity index is 1.55. The highest BCUT2D eigenvalue weighted by molar-refractivity contribution is 5.69. The van der Waals surface area contributed by atoms with E-state index in [4.69, 9.17) is 5.73 Å². The van der Waals surface area contributed by atoms with Gasteiger partial charge in [-0.25, -0.2) is 9.97 Å². The molecule has 3 N–H and O–H groups in total. The summed E-state index contributed by atoms with van der Waals surface area (Å²) in [7, 11) is 0. The molecule has 6 nitrogen and oxygen atoms in total. The molecule has 4 aromatic rings. The van der Waals surface area contributed by atoms with Crippen LogP contribution in [0.5, 0.6) is 0 Å². The Morgan fingerprint density at radius 3 is 1.80 bits per heavy atom. The van der Waals surface area contributed by atoms with Crippen LogP contribution >= 0.6 is 0 Å². The fourth-order valence-corrected chi connectivity index (χ4v) is 3.65. The van der Waals surface area contributed by atoms with Crippen LogP contribution in [0.3, 0.4) is 0 Å². The van der Waals surface area contributed by atoms with Crippen LogP contribution in [0, 0.1) is 0 Å². The Morgan fingerprint density at radius 2 is 1.23 bits per heavy atom. The number of nitrogen functional groups attached to an aromatic ring is 1. The summed E-state index contributed by atoms with van der Waals surface area (Å²) in [6.45, 7) is 0. The molecule has 0 saturated heterocycles. The third-order valence-corrected chi connectivity index (χ3v) is 5.16. The maximum absolute atomic E-state index is 12.3. The van der Waals surface area contributed by atoms with Gasteiger partial charge in [-0.15, -0.1) is 0 Å². The summed E-state index contributed by atoms with van der Waals surface area (Å²) in [6, 6.07) is 20.8. The lowest BCUT2D eigenvalue weighted by molar-refractivity contribution is 0.744. The molecule has 0 aliphatic heterocycles. The Kier molecular flexibility index (Phi) is 6.13. The van der Waals surface area contributed by atoms with E-state index in [-0.39, 0.29) is 17.0 Å². The van der Waals surface area contributed by atoms with Crippen molar-refractivity contribution in [3.63, 3.8) is 0 Å². The molecule has 0 fully saturated rings. The highest BCUT2D eigenvalue weighted by Crippen LogP contribution is 2.16. The van der Waals surface area contributed by atoms with Gasteiger partial charge in [-0.05, 0) is 49.7 Å². The quantitative estimate of drug-likeness (QED) is 0.471. The predicted molar refractivity (Wildman–Crippen MR) is 119 cm³/mol. The molecule has 0 saturated carbocycles. The molecule has 0 unspecified atom stereocenters. The maximum atomic E-state index is 12.3. The summed E-state index contributed by atoms with van der Waals surface area (Å²) < 4.78 is 0. The molecular weight excluding hydrogens is 374 g/mol. The topological polar surface area (TPSA) is 97.5 Å². The van der Waals surface area contributed by atoms with E-state index in [0.717, 1.165) is 49.9 Å². The van der Waals surface area contributed by atoms with E-state index in [9.17, 15) is 4.79 Å². The minimum atomic E-state index is -0.342. The van der Waals surface area contributed by atoms with Crippen molar-refractivity contribution >= 4 is 17.1 Å². The van der Waals surface area contributed by atoms with E-state index in [1.165, 1.54) is 11.1 Å². The number of aryl methyl sites for hydroxylation is 4. The molecule has 0 aliphatic rings. The van der Waals surface area contributed by atoms with Gasteiger partial charge in [0.25, 0.3) is 5.56 Å². The Morgan fingerprint density at radius 1 is 0.700 bits per heavy atom. The van der Waals surface area contributed by atoms with Gasteiger partial charge in [0.05, 0.1) is 11.4 Å². The average Bonchev–Trinajstić information content (AvgIpc) is 2.76. The number of nitrogens with zero attached hydrogens (tertiary/aromatic N) is 3. The summed E-state index contributed by atoms with van der Waals surface area (Å²) in [5, 5.41) is 0. The minimum Gasteiger partial charge on any atom is -0.369 e. The Bertz CT molecular complexity index is 1170. The van der Waals surface area contributed by atoms with Crippen molar-refractivity contribution in [3.05, 3.63) is 93.5 Å². The molecule has 0 radical (unpaired) electrons. The van der Waals surface area contributed by atoms with Gasteiger partial charge in [0.2, 0.25) is 5.95 Å². The summed E-state index contributed by atoms with van der Waals surface area (Å²) in [4.78, 5) is 28.3. The molecule has 0 spiro atoms. The first-order chi connectivity index (χ1) is 14.7. The number of aromatic nitrogens is 4. The fraction of sp³-hybridized carbons (Fsp3) is 0.250. The molecule has 2 heterocycles. The third-order valence-electron chi connectivity index (χ3n) is 5.16. The number of hydrogen-bond acceptors (Lipinski definition) is 5. The second-order valence-corrected chi connectivity index (χ2v) is 7.42. The van der Waals surface area contributed by atoms with Crippen molar-refractivity contribution in [2.24, 2.45) is 0 Å². The number of nitrogens with one attached hydrogen (secondary N) is 1. The summed E-state index contributed by atoms with van der Waals surface area (Å²) in [5.41, 5.74) is 10.3. The summed E-state index contributed by atoms with van der Waals surface area (Å²) in [5.74, 6) is 0.0638. The molecule has 0 atom stereocenters. The second-order valence-electron chi connectivity index (χ2n) is 7.42. The molecule has 30 heavy (non-hydrogen) atoms. The van der Waals surface area contributed by atoms with Crippen molar-refractivity contribution in [2.75, 3.05) is 5.73 Å². The van der Waals surface area contributed by atoms with E-state index in [1.807, 2.05) is 12.1 Å². The number of benzene rings is 2. The first-order valence-electron chi connectivity index (χ1n) is 10.3. The van der Waals surface area contributed by atoms with Crippen molar-refractivity contribution in [1.82, 2.24) is 19.9 Å². The van der Waals surface area contributed by atoms with Crippen LogP contribution in [0.25, 0.3) is 11.2 Å². The molecule has 4 rings (SSSR count). The zero-order valence-corrected chi connectivity index (χ0v) is 16.8. The SMILES string of the molecule is Nc1nc2nc(CCCc3ccccc3)c(CCCc3ccccc3)nc2c(=O)[nH]1. The van der Waals surface area contributed by atoms with E-state index >= 15 is 0 Å². The van der Waals surface area contributed by atoms with Gasteiger partial charge >= 0.3 is 0 Å². The van der Waals surface area contributed by atoms with Gasteiger partial charge in [-0.3, -0.25) is 9.78 Å². The second kappa shape index (κ2) is 9.31. The fourth-order valence-electron chi connectivity index (χ4n) is 3.65. The number of aromatic amines is 1. The van der Waals surface area contributed by atoms with Crippen LogP contribution in [0.1, 0.15) is 35.4 Å². The van der Waals surface area contributed by atoms with Gasteiger partial charge in [-0.2, -0.15) is 4.98 Å². The summed E-state index contributed by atoms with van der Waals surface area (Å²) in [6.07, 6.45) is 5.37. The van der Waals surface area contributed by atoms with Crippen LogP contribution in [0.4, 0.5) is 5.95 Å². The van der Waals surface area contributed by atoms with Crippen molar-refractivity contribution in [3.8, 4) is 0 Å². The minimum absolute atomic E-state index is 0.0638. The highest BCUT2D eigenvalue weighted by Gasteiger charge is 2.13. The predicted octanol–water partition coefficient (Wildman–Crippen LogP) is 3.65. The van der Waals surface area contributed by atoms with Crippen LogP contribution < -0.4 is 11.3 Å². The maximum Gasteiger partial charge on any atom is 0.280 e. The lowest BCUT2D eigenvalue weighted by Crippen LogP contribution is -2.16. The van der Waals surface area contributed by atoms with Crippen LogP contribution in [-0.4, -0.2) is 19.9 Å². The lowest BCUT2D eigenvalue weighted by Gasteiger charge is -2.10. The smallest absolute Gasteiger partial charge is 0.280 e. The van der Waals surface area contributed by atoms with Crippen LogP contribution in [0.2, 0.25) is 0 Å². The molecule has 2 aromatic carbocycles. The van der Waals surface area contributed by atoms with Crippen molar-refractivity contribution < 1.29 is 0 Å². The van der Waals surface area contributed by atoms with Gasteiger partial charge in [0.1, 0.15) is 0 Å². The number of nitrogens with two attached hydrogens (primary N) is 1. The number of hydrogen-bond donors (Lipinski definition) is 2. The lowest BCUT2D eigenvalue weighted by atomic mass is 10.0. The molecular formula is C24H25N5O. The number of anilines is 1. The zero-order chi connectivity index (χ0) is 20.8. The zero-order valence-electron chi connectivity index (χ0n) is 16.8. The molecule has 6 heteroatoms. The largest absolute Gasteiger partial charge is 0.369 e. The standard InChI is InChI=1S/C24H25N5O/c25-24-28-22-21(23(30)29-24)26-19(15-7-13-17-9-3-1-4-10-17)20(27-22)16-8-14-18-11-5-2-6-12-18/h1-6,9-12H,7-8,13-16H2,(H3,25,27,28,29,30). The molecule has 152 valence electrons.